The van der Waals surface area contributed by atoms with Gasteiger partial charge in [-0.3, -0.25) is 15.0 Å². The highest BCUT2D eigenvalue weighted by Gasteiger charge is 2.21. The molecule has 1 aliphatic heterocycles. The molecule has 2 rings (SSSR count). The normalized spacial score (nSPS) is 15.9. The summed E-state index contributed by atoms with van der Waals surface area (Å²) in [6.45, 7) is 2.69. The molecule has 1 aliphatic rings. The van der Waals surface area contributed by atoms with Crippen molar-refractivity contribution in [1.29, 1.82) is 0 Å². The Balaban J connectivity index is 1.87. The zero-order chi connectivity index (χ0) is 15.2. The van der Waals surface area contributed by atoms with Gasteiger partial charge in [-0.2, -0.15) is 0 Å². The third kappa shape index (κ3) is 4.19. The number of anilines is 1. The maximum atomic E-state index is 11.7. The molecule has 6 nitrogen and oxygen atoms in total. The zero-order valence-corrected chi connectivity index (χ0v) is 12.2. The third-order valence-corrected chi connectivity index (χ3v) is 3.50. The van der Waals surface area contributed by atoms with Crippen LogP contribution in [0, 0.1) is 0 Å². The lowest BCUT2D eigenvalue weighted by Gasteiger charge is -2.18. The van der Waals surface area contributed by atoms with E-state index in [4.69, 9.17) is 10.6 Å². The van der Waals surface area contributed by atoms with Crippen LogP contribution < -0.4 is 20.9 Å². The number of nitrogens with one attached hydrogen (secondary N) is 1. The van der Waals surface area contributed by atoms with Gasteiger partial charge >= 0.3 is 0 Å². The van der Waals surface area contributed by atoms with E-state index >= 15 is 0 Å². The van der Waals surface area contributed by atoms with E-state index in [2.05, 4.69) is 5.43 Å². The standard InChI is InChI=1S/C15H21N3O3/c1-11(4-9-14(19)17-16)21-13-7-5-12(6-8-13)18-10-2-3-15(18)20/h5-8,11H,2-4,9-10,16H2,1H3,(H,17,19). The lowest BCUT2D eigenvalue weighted by atomic mass is 10.2. The fourth-order valence-corrected chi connectivity index (χ4v) is 2.32. The molecule has 6 heteroatoms. The van der Waals surface area contributed by atoms with Crippen molar-refractivity contribution in [2.45, 2.75) is 38.7 Å². The molecule has 0 aromatic heterocycles. The summed E-state index contributed by atoms with van der Waals surface area (Å²) in [6.07, 6.45) is 2.38. The second-order valence-electron chi connectivity index (χ2n) is 5.18. The van der Waals surface area contributed by atoms with Crippen LogP contribution in [0.25, 0.3) is 0 Å². The van der Waals surface area contributed by atoms with Gasteiger partial charge in [0.1, 0.15) is 5.75 Å². The molecule has 0 spiro atoms. The molecule has 0 radical (unpaired) electrons. The number of amides is 2. The largest absolute Gasteiger partial charge is 0.491 e. The molecule has 21 heavy (non-hydrogen) atoms. The van der Waals surface area contributed by atoms with E-state index in [1.165, 1.54) is 0 Å². The van der Waals surface area contributed by atoms with Crippen LogP contribution in [0.15, 0.2) is 24.3 Å². The highest BCUT2D eigenvalue weighted by atomic mass is 16.5. The summed E-state index contributed by atoms with van der Waals surface area (Å²) in [6, 6.07) is 7.47. The van der Waals surface area contributed by atoms with Crippen LogP contribution in [0.1, 0.15) is 32.6 Å². The Kier molecular flexibility index (Phi) is 5.16. The Hall–Kier alpha value is -2.08. The minimum atomic E-state index is -0.201. The molecule has 1 fully saturated rings. The average Bonchev–Trinajstić information content (AvgIpc) is 2.91. The second-order valence-corrected chi connectivity index (χ2v) is 5.18. The van der Waals surface area contributed by atoms with E-state index in [-0.39, 0.29) is 17.9 Å². The van der Waals surface area contributed by atoms with Crippen LogP contribution >= 0.6 is 0 Å². The maximum Gasteiger partial charge on any atom is 0.234 e. The van der Waals surface area contributed by atoms with Crippen molar-refractivity contribution >= 4 is 17.5 Å². The van der Waals surface area contributed by atoms with Crippen molar-refractivity contribution in [3.05, 3.63) is 24.3 Å². The first-order chi connectivity index (χ1) is 10.1. The van der Waals surface area contributed by atoms with Gasteiger partial charge in [0.25, 0.3) is 0 Å². The Labute approximate surface area is 124 Å². The number of rotatable bonds is 6. The number of nitrogens with zero attached hydrogens (tertiary/aromatic N) is 1. The van der Waals surface area contributed by atoms with Crippen molar-refractivity contribution in [3.8, 4) is 5.75 Å². The molecule has 0 bridgehead atoms. The van der Waals surface area contributed by atoms with E-state index in [9.17, 15) is 9.59 Å². The number of ether oxygens (including phenoxy) is 1. The van der Waals surface area contributed by atoms with Gasteiger partial charge in [-0.1, -0.05) is 0 Å². The SMILES string of the molecule is CC(CCC(=O)NN)Oc1ccc(N2CCCC2=O)cc1. The van der Waals surface area contributed by atoms with Crippen LogP contribution in [0.3, 0.4) is 0 Å². The number of benzene rings is 1. The maximum absolute atomic E-state index is 11.7. The minimum absolute atomic E-state index is 0.0819. The van der Waals surface area contributed by atoms with Gasteiger partial charge in [0.15, 0.2) is 0 Å². The van der Waals surface area contributed by atoms with Gasteiger partial charge in [0.2, 0.25) is 11.8 Å². The Morgan fingerprint density at radius 3 is 2.71 bits per heavy atom. The van der Waals surface area contributed by atoms with Crippen LogP contribution in [0.2, 0.25) is 0 Å². The Morgan fingerprint density at radius 1 is 1.43 bits per heavy atom. The number of hydrogen-bond donors (Lipinski definition) is 2. The van der Waals surface area contributed by atoms with Crippen LogP contribution in [-0.2, 0) is 9.59 Å². The van der Waals surface area contributed by atoms with Gasteiger partial charge in [0, 0.05) is 25.1 Å². The lowest BCUT2D eigenvalue weighted by Crippen LogP contribution is -2.30. The summed E-state index contributed by atoms with van der Waals surface area (Å²) in [7, 11) is 0. The third-order valence-electron chi connectivity index (χ3n) is 3.50. The lowest BCUT2D eigenvalue weighted by molar-refractivity contribution is -0.121. The fourth-order valence-electron chi connectivity index (χ4n) is 2.32. The van der Waals surface area contributed by atoms with E-state index in [1.54, 1.807) is 4.90 Å². The van der Waals surface area contributed by atoms with Crippen molar-refractivity contribution < 1.29 is 14.3 Å². The van der Waals surface area contributed by atoms with Crippen molar-refractivity contribution in [2.24, 2.45) is 5.84 Å². The number of hydrazine groups is 1. The van der Waals surface area contributed by atoms with Gasteiger partial charge in [-0.25, -0.2) is 5.84 Å². The molecule has 1 unspecified atom stereocenters. The van der Waals surface area contributed by atoms with E-state index in [0.29, 0.717) is 19.3 Å². The topological polar surface area (TPSA) is 84.7 Å². The molecular formula is C15H21N3O3. The molecule has 1 saturated heterocycles. The van der Waals surface area contributed by atoms with Crippen LogP contribution in [-0.4, -0.2) is 24.5 Å². The predicted octanol–water partition coefficient (Wildman–Crippen LogP) is 1.35. The van der Waals surface area contributed by atoms with Crippen molar-refractivity contribution in [1.82, 2.24) is 5.43 Å². The van der Waals surface area contributed by atoms with Gasteiger partial charge in [-0.05, 0) is 44.0 Å². The molecule has 2 amide bonds. The molecule has 0 aliphatic carbocycles. The summed E-state index contributed by atoms with van der Waals surface area (Å²) >= 11 is 0. The highest BCUT2D eigenvalue weighted by Crippen LogP contribution is 2.24. The molecule has 0 saturated carbocycles. The highest BCUT2D eigenvalue weighted by molar-refractivity contribution is 5.95. The molecule has 3 N–H and O–H groups in total. The summed E-state index contributed by atoms with van der Waals surface area (Å²) in [5, 5.41) is 0. The first kappa shape index (κ1) is 15.3. The van der Waals surface area contributed by atoms with Gasteiger partial charge in [0.05, 0.1) is 6.10 Å². The first-order valence-electron chi connectivity index (χ1n) is 7.16. The predicted molar refractivity (Wildman–Crippen MR) is 79.7 cm³/mol. The summed E-state index contributed by atoms with van der Waals surface area (Å²) < 4.78 is 5.73. The van der Waals surface area contributed by atoms with E-state index in [1.807, 2.05) is 31.2 Å². The number of carbonyl (C=O) groups excluding carboxylic acids is 2. The quantitative estimate of drug-likeness (QED) is 0.471. The molecular weight excluding hydrogens is 270 g/mol. The van der Waals surface area contributed by atoms with Gasteiger partial charge in [-0.15, -0.1) is 0 Å². The van der Waals surface area contributed by atoms with Gasteiger partial charge < -0.3 is 9.64 Å². The average molecular weight is 291 g/mol. The molecule has 1 heterocycles. The Bertz CT molecular complexity index is 501. The molecule has 1 aromatic rings. The van der Waals surface area contributed by atoms with Crippen LogP contribution in [0.5, 0.6) is 5.75 Å². The van der Waals surface area contributed by atoms with Crippen molar-refractivity contribution in [2.75, 3.05) is 11.4 Å². The summed E-state index contributed by atoms with van der Waals surface area (Å²) in [4.78, 5) is 24.5. The monoisotopic (exact) mass is 291 g/mol. The molecule has 1 aromatic carbocycles. The Morgan fingerprint density at radius 2 is 2.14 bits per heavy atom. The van der Waals surface area contributed by atoms with Crippen LogP contribution in [0.4, 0.5) is 5.69 Å². The van der Waals surface area contributed by atoms with Crippen molar-refractivity contribution in [3.63, 3.8) is 0 Å². The summed E-state index contributed by atoms with van der Waals surface area (Å²) in [5.74, 6) is 5.72. The summed E-state index contributed by atoms with van der Waals surface area (Å²) in [5.41, 5.74) is 3.00. The number of carbonyl (C=O) groups is 2. The smallest absolute Gasteiger partial charge is 0.234 e. The first-order valence-corrected chi connectivity index (χ1v) is 7.16. The van der Waals surface area contributed by atoms with E-state index < -0.39 is 0 Å². The fraction of sp³-hybridized carbons (Fsp3) is 0.467. The molecule has 114 valence electrons. The van der Waals surface area contributed by atoms with E-state index in [0.717, 1.165) is 24.4 Å². The number of nitrogens with two attached hydrogens (primary N) is 1. The number of hydrogen-bond acceptors (Lipinski definition) is 4. The minimum Gasteiger partial charge on any atom is -0.491 e. The zero-order valence-electron chi connectivity index (χ0n) is 12.2. The molecule has 1 atom stereocenters. The second kappa shape index (κ2) is 7.08.